The molecule has 5 heterocycles. The van der Waals surface area contributed by atoms with Crippen LogP contribution in [0.1, 0.15) is 25.0 Å². The molecular weight excluding hydrogens is 484 g/mol. The molecule has 0 atom stereocenters. The summed E-state index contributed by atoms with van der Waals surface area (Å²) in [4.78, 5) is 30.3. The zero-order chi connectivity index (χ0) is 24.8. The molecule has 7 rings (SSSR count). The Labute approximate surface area is 219 Å². The van der Waals surface area contributed by atoms with E-state index in [1.165, 1.54) is 5.57 Å². The first-order valence-electron chi connectivity index (χ1n) is 13.0. The Morgan fingerprint density at radius 2 is 2.03 bits per heavy atom. The molecule has 9 heteroatoms. The molecule has 1 saturated heterocycles. The minimum Gasteiger partial charge on any atom is -0.379 e. The average molecular weight is 515 g/mol. The molecule has 8 nitrogen and oxygen atoms in total. The van der Waals surface area contributed by atoms with Gasteiger partial charge in [0, 0.05) is 55.7 Å². The number of anilines is 2. The van der Waals surface area contributed by atoms with Crippen LogP contribution >= 0.6 is 11.3 Å². The normalized spacial score (nSPS) is 19.8. The summed E-state index contributed by atoms with van der Waals surface area (Å²) in [5.41, 5.74) is 7.96. The standard InChI is InChI=1S/C28H30N6O2S/c35-27(28(6-7-28)17-33-11-13-36-14-12-33)34-9-4-19(5-10-34)24-16-21-22(3-8-29-26(21)32-24)31-20-1-2-23-25(15-20)37-18-30-23/h1-4,8,15-16,18H,5-7,9-14,17H2,(H2,29,31,32). The van der Waals surface area contributed by atoms with E-state index in [4.69, 9.17) is 4.74 Å². The topological polar surface area (TPSA) is 86.4 Å². The van der Waals surface area contributed by atoms with Gasteiger partial charge in [0.1, 0.15) is 5.65 Å². The number of aromatic nitrogens is 3. The molecule has 2 N–H and O–H groups in total. The third kappa shape index (κ3) is 4.41. The van der Waals surface area contributed by atoms with Crippen LogP contribution < -0.4 is 5.32 Å². The van der Waals surface area contributed by atoms with Gasteiger partial charge in [-0.05, 0) is 55.2 Å². The second-order valence-electron chi connectivity index (χ2n) is 10.4. The second kappa shape index (κ2) is 9.24. The number of nitrogens with one attached hydrogen (secondary N) is 2. The summed E-state index contributed by atoms with van der Waals surface area (Å²) in [6.45, 7) is 5.73. The maximum atomic E-state index is 13.4. The fourth-order valence-electron chi connectivity index (χ4n) is 5.61. The van der Waals surface area contributed by atoms with Crippen molar-refractivity contribution >= 4 is 55.4 Å². The highest BCUT2D eigenvalue weighted by Gasteiger charge is 2.52. The van der Waals surface area contributed by atoms with E-state index in [9.17, 15) is 4.79 Å². The van der Waals surface area contributed by atoms with Crippen molar-refractivity contribution in [3.8, 4) is 0 Å². The number of H-pyrrole nitrogens is 1. The van der Waals surface area contributed by atoms with Gasteiger partial charge in [0.25, 0.3) is 0 Å². The third-order valence-electron chi connectivity index (χ3n) is 7.92. The lowest BCUT2D eigenvalue weighted by molar-refractivity contribution is -0.137. The molecule has 4 aromatic rings. The third-order valence-corrected chi connectivity index (χ3v) is 8.71. The maximum Gasteiger partial charge on any atom is 0.230 e. The SMILES string of the molecule is O=C(N1CC=C(c2cc3c(Nc4ccc5ncsc5c4)ccnc3[nH]2)CC1)C1(CN2CCOCC2)CC1. The highest BCUT2D eigenvalue weighted by molar-refractivity contribution is 7.16. The van der Waals surface area contributed by atoms with Gasteiger partial charge in [-0.25, -0.2) is 9.97 Å². The van der Waals surface area contributed by atoms with Gasteiger partial charge in [-0.1, -0.05) is 6.08 Å². The highest BCUT2D eigenvalue weighted by Crippen LogP contribution is 2.48. The van der Waals surface area contributed by atoms with Crippen LogP contribution in [0.4, 0.5) is 11.4 Å². The number of rotatable bonds is 6. The number of carbonyl (C=O) groups is 1. The van der Waals surface area contributed by atoms with Gasteiger partial charge in [-0.3, -0.25) is 9.69 Å². The number of pyridine rings is 1. The Bertz CT molecular complexity index is 1500. The van der Waals surface area contributed by atoms with Gasteiger partial charge < -0.3 is 19.9 Å². The Kier molecular flexibility index (Phi) is 5.71. The molecule has 3 aromatic heterocycles. The summed E-state index contributed by atoms with van der Waals surface area (Å²) in [5, 5.41) is 4.62. The van der Waals surface area contributed by atoms with Crippen molar-refractivity contribution in [1.82, 2.24) is 24.8 Å². The molecule has 0 unspecified atom stereocenters. The van der Waals surface area contributed by atoms with E-state index in [0.29, 0.717) is 12.5 Å². The number of nitrogens with zero attached hydrogens (tertiary/aromatic N) is 4. The van der Waals surface area contributed by atoms with Crippen molar-refractivity contribution in [3.05, 3.63) is 53.8 Å². The number of morpholine rings is 1. The van der Waals surface area contributed by atoms with Crippen LogP contribution in [0, 0.1) is 5.41 Å². The first kappa shape index (κ1) is 22.9. The van der Waals surface area contributed by atoms with E-state index < -0.39 is 0 Å². The van der Waals surface area contributed by atoms with Gasteiger partial charge >= 0.3 is 0 Å². The van der Waals surface area contributed by atoms with E-state index >= 15 is 0 Å². The van der Waals surface area contributed by atoms with Gasteiger partial charge in [0.05, 0.1) is 40.0 Å². The van der Waals surface area contributed by atoms with E-state index in [1.807, 2.05) is 23.8 Å². The lowest BCUT2D eigenvalue weighted by atomic mass is 10.00. The molecule has 0 spiro atoms. The van der Waals surface area contributed by atoms with Crippen molar-refractivity contribution in [2.24, 2.45) is 5.41 Å². The number of fused-ring (bicyclic) bond motifs is 2. The molecule has 2 fully saturated rings. The van der Waals surface area contributed by atoms with E-state index in [-0.39, 0.29) is 5.41 Å². The molecule has 3 aliphatic rings. The van der Waals surface area contributed by atoms with Crippen molar-refractivity contribution in [1.29, 1.82) is 0 Å². The van der Waals surface area contributed by atoms with Crippen LogP contribution in [0.5, 0.6) is 0 Å². The number of hydrogen-bond donors (Lipinski definition) is 2. The molecule has 0 radical (unpaired) electrons. The number of hydrogen-bond acceptors (Lipinski definition) is 7. The van der Waals surface area contributed by atoms with Crippen LogP contribution in [-0.2, 0) is 9.53 Å². The summed E-state index contributed by atoms with van der Waals surface area (Å²) in [7, 11) is 0. The predicted molar refractivity (Wildman–Crippen MR) is 147 cm³/mol. The average Bonchev–Trinajstić information content (AvgIpc) is 3.34. The first-order valence-corrected chi connectivity index (χ1v) is 13.9. The number of ether oxygens (including phenoxy) is 1. The smallest absolute Gasteiger partial charge is 0.230 e. The lowest BCUT2D eigenvalue weighted by Crippen LogP contribution is -2.47. The summed E-state index contributed by atoms with van der Waals surface area (Å²) in [6, 6.07) is 10.4. The number of amides is 1. The molecule has 1 saturated carbocycles. The van der Waals surface area contributed by atoms with Crippen molar-refractivity contribution in [3.63, 3.8) is 0 Å². The Morgan fingerprint density at radius 1 is 1.14 bits per heavy atom. The number of benzene rings is 1. The van der Waals surface area contributed by atoms with E-state index in [0.717, 1.165) is 97.0 Å². The zero-order valence-electron chi connectivity index (χ0n) is 20.7. The van der Waals surface area contributed by atoms with Gasteiger partial charge in [0.2, 0.25) is 5.91 Å². The van der Waals surface area contributed by atoms with Crippen molar-refractivity contribution < 1.29 is 9.53 Å². The monoisotopic (exact) mass is 514 g/mol. The quantitative estimate of drug-likeness (QED) is 0.390. The zero-order valence-corrected chi connectivity index (χ0v) is 21.5. The van der Waals surface area contributed by atoms with E-state index in [2.05, 4.69) is 54.3 Å². The molecule has 1 aliphatic carbocycles. The molecule has 1 amide bonds. The van der Waals surface area contributed by atoms with Gasteiger partial charge in [-0.2, -0.15) is 0 Å². The number of carbonyl (C=O) groups excluding carboxylic acids is 1. The number of thiazole rings is 1. The van der Waals surface area contributed by atoms with Crippen molar-refractivity contribution in [2.75, 3.05) is 51.3 Å². The second-order valence-corrected chi connectivity index (χ2v) is 11.2. The molecule has 190 valence electrons. The summed E-state index contributed by atoms with van der Waals surface area (Å²) in [6.07, 6.45) is 6.90. The van der Waals surface area contributed by atoms with Crippen molar-refractivity contribution in [2.45, 2.75) is 19.3 Å². The summed E-state index contributed by atoms with van der Waals surface area (Å²) >= 11 is 1.64. The summed E-state index contributed by atoms with van der Waals surface area (Å²) in [5.74, 6) is 0.331. The van der Waals surface area contributed by atoms with Crippen LogP contribution in [0.15, 0.2) is 48.1 Å². The minimum absolute atomic E-state index is 0.170. The van der Waals surface area contributed by atoms with Crippen LogP contribution in [0.3, 0.4) is 0 Å². The Morgan fingerprint density at radius 3 is 2.84 bits per heavy atom. The lowest BCUT2D eigenvalue weighted by Gasteiger charge is -2.34. The fraction of sp³-hybridized carbons (Fsp3) is 0.393. The molecule has 1 aromatic carbocycles. The van der Waals surface area contributed by atoms with Crippen LogP contribution in [-0.4, -0.2) is 76.6 Å². The Hall–Kier alpha value is -3.27. The molecule has 2 aliphatic heterocycles. The first-order chi connectivity index (χ1) is 18.2. The van der Waals surface area contributed by atoms with Gasteiger partial charge in [0.15, 0.2) is 0 Å². The minimum atomic E-state index is -0.170. The predicted octanol–water partition coefficient (Wildman–Crippen LogP) is 4.64. The molecular formula is C28H30N6O2S. The largest absolute Gasteiger partial charge is 0.379 e. The van der Waals surface area contributed by atoms with E-state index in [1.54, 1.807) is 11.3 Å². The Balaban J connectivity index is 1.06. The van der Waals surface area contributed by atoms with Crippen LogP contribution in [0.25, 0.3) is 26.8 Å². The maximum absolute atomic E-state index is 13.4. The highest BCUT2D eigenvalue weighted by atomic mass is 32.1. The number of aromatic amines is 1. The molecule has 37 heavy (non-hydrogen) atoms. The van der Waals surface area contributed by atoms with Crippen LogP contribution in [0.2, 0.25) is 0 Å². The van der Waals surface area contributed by atoms with Gasteiger partial charge in [-0.15, -0.1) is 11.3 Å². The molecule has 0 bridgehead atoms. The fourth-order valence-corrected chi connectivity index (χ4v) is 6.33. The summed E-state index contributed by atoms with van der Waals surface area (Å²) < 4.78 is 6.64.